The molecule has 8 aliphatic heterocycles. The molecule has 8 rings (SSSR count). The fraction of sp³-hybridized carbons (Fsp3) is 0.966. The zero-order chi connectivity index (χ0) is 78.4. The molecular weight excluding hydrogens is 1460 g/mol. The van der Waals surface area contributed by atoms with Crippen LogP contribution in [0.5, 0.6) is 0 Å². The Morgan fingerprint density at radius 1 is 0.321 bits per heavy atom. The summed E-state index contributed by atoms with van der Waals surface area (Å²) >= 11 is 0. The first-order chi connectivity index (χ1) is 50.1. The number of carbonyl (C=O) groups excluding carboxylic acids is 2. The maximum Gasteiger partial charge on any atom is 0.217 e. The van der Waals surface area contributed by atoms with Crippen LogP contribution in [0, 0.1) is 0 Å². The first-order valence-electron chi connectivity index (χ1n) is 33.6. The minimum absolute atomic E-state index is 0.873. The molecule has 8 fully saturated rings. The molecule has 0 aromatic heterocycles. The van der Waals surface area contributed by atoms with Crippen molar-refractivity contribution in [3.05, 3.63) is 0 Å². The van der Waals surface area contributed by atoms with Gasteiger partial charge in [-0.1, -0.05) is 0 Å². The molecule has 0 aromatic carbocycles. The van der Waals surface area contributed by atoms with E-state index in [0.29, 0.717) is 0 Å². The summed E-state index contributed by atoms with van der Waals surface area (Å²) < 4.78 is 92.4. The molecule has 0 aliphatic carbocycles. The summed E-state index contributed by atoms with van der Waals surface area (Å²) in [7, 11) is 0. The Labute approximate surface area is 599 Å². The zero-order valence-electron chi connectivity index (χ0n) is 56.3. The first-order valence-corrected chi connectivity index (χ1v) is 33.6. The minimum atomic E-state index is -2.57. The van der Waals surface area contributed by atoms with Gasteiger partial charge in [-0.3, -0.25) is 9.59 Å². The largest absolute Gasteiger partial charge is 0.394 e. The van der Waals surface area contributed by atoms with E-state index < -0.39 is 348 Å². The third-order valence-corrected chi connectivity index (χ3v) is 19.2. The fourth-order valence-electron chi connectivity index (χ4n) is 13.1. The van der Waals surface area contributed by atoms with Crippen LogP contribution >= 0.6 is 0 Å². The van der Waals surface area contributed by atoms with Crippen LogP contribution < -0.4 is 10.6 Å². The quantitative estimate of drug-likeness (QED) is 0.0306. The van der Waals surface area contributed by atoms with Crippen LogP contribution in [0.25, 0.3) is 0 Å². The smallest absolute Gasteiger partial charge is 0.217 e. The molecule has 106 heavy (non-hydrogen) atoms. The van der Waals surface area contributed by atoms with Crippen molar-refractivity contribution in [2.24, 2.45) is 0 Å². The van der Waals surface area contributed by atoms with Gasteiger partial charge in [-0.2, -0.15) is 0 Å². The Morgan fingerprint density at radius 3 is 1.08 bits per heavy atom. The second-order valence-electron chi connectivity index (χ2n) is 26.5. The van der Waals surface area contributed by atoms with Gasteiger partial charge < -0.3 is 229 Å². The molecule has 0 unspecified atom stereocenters. The molecule has 2 amide bonds. The van der Waals surface area contributed by atoms with Gasteiger partial charge in [0.05, 0.1) is 72.1 Å². The van der Waals surface area contributed by atoms with Crippen LogP contribution in [-0.2, 0) is 85.4 Å². The van der Waals surface area contributed by atoms with Crippen molar-refractivity contribution in [3.63, 3.8) is 0 Å². The summed E-state index contributed by atoms with van der Waals surface area (Å²) in [4.78, 5) is 25.2. The molecule has 0 bridgehead atoms. The first kappa shape index (κ1) is 88.7. The monoisotopic (exact) mass is 1560 g/mol. The van der Waals surface area contributed by atoms with Gasteiger partial charge in [0.2, 0.25) is 11.8 Å². The van der Waals surface area contributed by atoms with E-state index in [4.69, 9.17) is 75.8 Å². The highest BCUT2D eigenvalue weighted by molar-refractivity contribution is 5.73. The number of carbonyl (C=O) groups is 2. The number of hydrogen-bond donors (Lipinski definition) is 30. The number of hydrogen-bond acceptors (Lipinski definition) is 46. The number of rotatable bonds is 31. The van der Waals surface area contributed by atoms with E-state index in [9.17, 15) is 153 Å². The van der Waals surface area contributed by atoms with Crippen molar-refractivity contribution in [1.82, 2.24) is 10.6 Å². The molecule has 0 radical (unpaired) electrons. The second-order valence-corrected chi connectivity index (χ2v) is 26.5. The third kappa shape index (κ3) is 19.7. The lowest BCUT2D eigenvalue weighted by molar-refractivity contribution is -0.397. The van der Waals surface area contributed by atoms with Crippen LogP contribution in [0.1, 0.15) is 13.8 Å². The van der Waals surface area contributed by atoms with Gasteiger partial charge in [0.25, 0.3) is 0 Å². The molecule has 8 aliphatic rings. The van der Waals surface area contributed by atoms with Crippen molar-refractivity contribution in [2.45, 2.75) is 284 Å². The van der Waals surface area contributed by atoms with E-state index in [-0.39, 0.29) is 0 Å². The normalized spacial score (nSPS) is 48.0. The highest BCUT2D eigenvalue weighted by atomic mass is 16.8. The predicted octanol–water partition coefficient (Wildman–Crippen LogP) is -20.7. The predicted molar refractivity (Wildman–Crippen MR) is 322 cm³/mol. The summed E-state index contributed by atoms with van der Waals surface area (Å²) in [6.07, 6.45) is -89.1. The SMILES string of the molecule is CC(=O)N[C@H]1[C@H](O[C@@H]2[C@@H](O[C@@H]3[C@H](O)[C@H](O[C@@H]([C@H](O)[C@H](CO)NC(C)=O)[C@H](O)CO)O[C@H](CO[C@H]4O[C@H](CO[C@H]5O[C@H](CO)[C@@H](O)[C@H](O)[C@@H]5O)[C@@H](O)[C@H](O[C@H]5O[C@H](CO)[C@@H](O)[C@H](O)[C@@H]5O)[C@@H]4O)[C@H]3O)O[C@H](CO)[C@@H](O)[C@@H]2O)O[C@H](CO)[C@@H](O[C@@H]2O[C@H](CO)[C@H](O)[C@H](O[C@H]3O[C@H](CO)[C@H](O)[C@H](O)[C@H]3O)[C@H]2O)[C@@H]1O. The van der Waals surface area contributed by atoms with E-state index >= 15 is 0 Å². The Balaban J connectivity index is 1.10. The molecule has 30 N–H and O–H groups in total. The average molecular weight is 1560 g/mol. The van der Waals surface area contributed by atoms with E-state index in [1.165, 1.54) is 0 Å². The maximum absolute atomic E-state index is 13.0. The zero-order valence-corrected chi connectivity index (χ0v) is 56.3. The number of amides is 2. The van der Waals surface area contributed by atoms with Crippen molar-refractivity contribution in [2.75, 3.05) is 66.1 Å². The Kier molecular flexibility index (Phi) is 32.9. The molecule has 0 spiro atoms. The molecule has 44 atom stereocenters. The number of aliphatic hydroxyl groups is 28. The summed E-state index contributed by atoms with van der Waals surface area (Å²) in [6.45, 7) is -9.08. The average Bonchev–Trinajstić information content (AvgIpc) is 0.771. The van der Waals surface area contributed by atoms with Gasteiger partial charge >= 0.3 is 0 Å². The van der Waals surface area contributed by atoms with Gasteiger partial charge in [-0.25, -0.2) is 0 Å². The summed E-state index contributed by atoms with van der Waals surface area (Å²) in [5.74, 6) is -1.87. The van der Waals surface area contributed by atoms with Crippen molar-refractivity contribution in [1.29, 1.82) is 0 Å². The van der Waals surface area contributed by atoms with Crippen molar-refractivity contribution < 1.29 is 228 Å². The Hall–Kier alpha value is -2.82. The molecule has 48 heteroatoms. The van der Waals surface area contributed by atoms with E-state index in [1.807, 2.05) is 0 Å². The topological polar surface area (TPSA) is 772 Å². The van der Waals surface area contributed by atoms with Crippen molar-refractivity contribution in [3.8, 4) is 0 Å². The highest BCUT2D eigenvalue weighted by Crippen LogP contribution is 2.39. The molecule has 0 saturated carbocycles. The summed E-state index contributed by atoms with van der Waals surface area (Å²) in [5, 5.41) is 310. The number of nitrogens with one attached hydrogen (secondary N) is 2. The van der Waals surface area contributed by atoms with Crippen LogP contribution in [0.3, 0.4) is 0 Å². The number of aliphatic hydroxyl groups excluding tert-OH is 28. The maximum atomic E-state index is 13.0. The van der Waals surface area contributed by atoms with Crippen LogP contribution in [0.2, 0.25) is 0 Å². The molecule has 8 heterocycles. The van der Waals surface area contributed by atoms with Crippen molar-refractivity contribution >= 4 is 11.8 Å². The molecule has 48 nitrogen and oxygen atoms in total. The fourth-order valence-corrected chi connectivity index (χ4v) is 13.1. The molecule has 8 saturated heterocycles. The standard InChI is InChI=1S/C58H100N2O46/c1-13(69)59-15(3-61)26(72)45(16(71)4-62)101-57-44(90)49(33(79)24(100-57)12-92-53-42(88)48(104-55-41(87)37(83)29(75)19(7-65)95-55)32(78)23(99-53)11-91-52-39(85)35(81)27(73)17(5-63)93-52)105-58-50(38(84)30(76)20(8-66)97-58)106-51-25(60-14(2)70)34(80)46(22(10-68)98-51)102-56-43(89)47(31(77)21(9-67)96-56)103-54-40(86)36(82)28(74)18(6-64)94-54/h15-58,61-68,71-90H,3-12H2,1-2H3,(H,59,69)(H,60,70)/t15-,16+,17+,18+,19+,20+,21+,22+,23+,24+,25+,26+,27+,28-,29+,30+,31-,32+,33+,34+,35-,36-,37-,38-,39-,40+,41-,42-,43+,44-,45+,46+,47-,48-,49-,50-,51-,52-,53-,54+,55+,56-,57-,58+/m0/s1. The summed E-state index contributed by atoms with van der Waals surface area (Å²) in [6, 6.07) is -3.77. The lowest BCUT2D eigenvalue weighted by Gasteiger charge is -2.51. The van der Waals surface area contributed by atoms with E-state index in [2.05, 4.69) is 10.6 Å². The Morgan fingerprint density at radius 2 is 0.651 bits per heavy atom. The third-order valence-electron chi connectivity index (χ3n) is 19.2. The number of ether oxygens (including phenoxy) is 16. The molecule has 618 valence electrons. The van der Waals surface area contributed by atoms with Crippen LogP contribution in [0.15, 0.2) is 0 Å². The van der Waals surface area contributed by atoms with Crippen LogP contribution in [0.4, 0.5) is 0 Å². The minimum Gasteiger partial charge on any atom is -0.394 e. The summed E-state index contributed by atoms with van der Waals surface area (Å²) in [5.41, 5.74) is 0. The van der Waals surface area contributed by atoms with Gasteiger partial charge in [0, 0.05) is 13.8 Å². The van der Waals surface area contributed by atoms with Gasteiger partial charge in [0.15, 0.2) is 50.3 Å². The van der Waals surface area contributed by atoms with Gasteiger partial charge in [-0.15, -0.1) is 0 Å². The second kappa shape index (κ2) is 39.3. The van der Waals surface area contributed by atoms with Gasteiger partial charge in [0.1, 0.15) is 214 Å². The van der Waals surface area contributed by atoms with E-state index in [1.54, 1.807) is 0 Å². The Bertz CT molecular complexity index is 2660. The molecular formula is C58H100N2O46. The lowest BCUT2D eigenvalue weighted by atomic mass is 9.94. The lowest BCUT2D eigenvalue weighted by Crippen LogP contribution is -2.70. The van der Waals surface area contributed by atoms with E-state index in [0.717, 1.165) is 13.8 Å². The van der Waals surface area contributed by atoms with Crippen LogP contribution in [-0.4, -0.2) is 491 Å². The molecule has 0 aromatic rings. The van der Waals surface area contributed by atoms with Gasteiger partial charge in [-0.05, 0) is 0 Å². The highest BCUT2D eigenvalue weighted by Gasteiger charge is 2.60.